The van der Waals surface area contributed by atoms with Crippen molar-refractivity contribution in [2.24, 2.45) is 0 Å². The number of nitrogens with zero attached hydrogens (tertiary/aromatic N) is 3. The van der Waals surface area contributed by atoms with Gasteiger partial charge in [-0.25, -0.2) is 4.98 Å². The van der Waals surface area contributed by atoms with Crippen LogP contribution < -0.4 is 5.56 Å². The SMILES string of the molecule is Cc1cc(COC(=O)Cn2cnc3sccc3c2=O)on1. The molecular formula is C13H11N3O4S. The molecule has 0 amide bonds. The number of ether oxygens (including phenoxy) is 1. The average molecular weight is 305 g/mol. The second-order valence-electron chi connectivity index (χ2n) is 4.41. The van der Waals surface area contributed by atoms with Crippen LogP contribution in [0.3, 0.4) is 0 Å². The minimum atomic E-state index is -0.539. The number of rotatable bonds is 4. The topological polar surface area (TPSA) is 87.2 Å². The van der Waals surface area contributed by atoms with Gasteiger partial charge in [0.2, 0.25) is 0 Å². The first-order chi connectivity index (χ1) is 10.1. The molecule has 0 fully saturated rings. The van der Waals surface area contributed by atoms with E-state index in [1.165, 1.54) is 22.2 Å². The first kappa shape index (κ1) is 13.5. The lowest BCUT2D eigenvalue weighted by molar-refractivity contribution is -0.146. The van der Waals surface area contributed by atoms with Crippen LogP contribution >= 0.6 is 11.3 Å². The second-order valence-corrected chi connectivity index (χ2v) is 5.31. The minimum absolute atomic E-state index is 0.0114. The van der Waals surface area contributed by atoms with Gasteiger partial charge in [-0.2, -0.15) is 0 Å². The zero-order valence-electron chi connectivity index (χ0n) is 11.1. The lowest BCUT2D eigenvalue weighted by Gasteiger charge is -2.05. The summed E-state index contributed by atoms with van der Waals surface area (Å²) in [6.45, 7) is 1.57. The Bertz CT molecular complexity index is 848. The minimum Gasteiger partial charge on any atom is -0.456 e. The zero-order valence-corrected chi connectivity index (χ0v) is 11.9. The average Bonchev–Trinajstić information content (AvgIpc) is 3.09. The molecule has 3 aromatic rings. The van der Waals surface area contributed by atoms with E-state index in [0.717, 1.165) is 0 Å². The lowest BCUT2D eigenvalue weighted by Crippen LogP contribution is -2.25. The number of hydrogen-bond donors (Lipinski definition) is 0. The van der Waals surface area contributed by atoms with Crippen LogP contribution in [0.1, 0.15) is 11.5 Å². The quantitative estimate of drug-likeness (QED) is 0.679. The molecule has 0 spiro atoms. The smallest absolute Gasteiger partial charge is 0.326 e. The molecule has 0 unspecified atom stereocenters. The van der Waals surface area contributed by atoms with E-state index in [1.54, 1.807) is 24.4 Å². The van der Waals surface area contributed by atoms with Crippen LogP contribution in [0.5, 0.6) is 0 Å². The predicted molar refractivity (Wildman–Crippen MR) is 74.9 cm³/mol. The van der Waals surface area contributed by atoms with Crippen molar-refractivity contribution in [3.05, 3.63) is 45.6 Å². The number of aromatic nitrogens is 3. The van der Waals surface area contributed by atoms with Crippen molar-refractivity contribution >= 4 is 27.5 Å². The van der Waals surface area contributed by atoms with E-state index in [2.05, 4.69) is 10.1 Å². The van der Waals surface area contributed by atoms with Crippen LogP contribution in [0.15, 0.2) is 33.2 Å². The Morgan fingerprint density at radius 3 is 3.14 bits per heavy atom. The van der Waals surface area contributed by atoms with Crippen LogP contribution in [0.4, 0.5) is 0 Å². The molecule has 108 valence electrons. The highest BCUT2D eigenvalue weighted by atomic mass is 32.1. The summed E-state index contributed by atoms with van der Waals surface area (Å²) in [5, 5.41) is 5.98. The molecule has 0 radical (unpaired) electrons. The molecule has 21 heavy (non-hydrogen) atoms. The molecule has 0 saturated heterocycles. The highest BCUT2D eigenvalue weighted by molar-refractivity contribution is 7.16. The largest absolute Gasteiger partial charge is 0.456 e. The van der Waals surface area contributed by atoms with Crippen molar-refractivity contribution in [3.63, 3.8) is 0 Å². The summed E-state index contributed by atoms with van der Waals surface area (Å²) in [7, 11) is 0. The van der Waals surface area contributed by atoms with Gasteiger partial charge < -0.3 is 9.26 Å². The molecule has 0 aromatic carbocycles. The zero-order chi connectivity index (χ0) is 14.8. The fourth-order valence-electron chi connectivity index (χ4n) is 1.83. The van der Waals surface area contributed by atoms with Crippen LogP contribution in [0.2, 0.25) is 0 Å². The van der Waals surface area contributed by atoms with Crippen LogP contribution in [-0.4, -0.2) is 20.7 Å². The normalized spacial score (nSPS) is 10.9. The van der Waals surface area contributed by atoms with Crippen LogP contribution in [0.25, 0.3) is 10.2 Å². The Labute approximate surface area is 122 Å². The van der Waals surface area contributed by atoms with Crippen LogP contribution in [0, 0.1) is 6.92 Å². The maximum absolute atomic E-state index is 12.1. The fraction of sp³-hybridized carbons (Fsp3) is 0.231. The van der Waals surface area contributed by atoms with Gasteiger partial charge in [-0.1, -0.05) is 5.16 Å². The van der Waals surface area contributed by atoms with E-state index < -0.39 is 5.97 Å². The Morgan fingerprint density at radius 1 is 1.52 bits per heavy atom. The molecular weight excluding hydrogens is 294 g/mol. The predicted octanol–water partition coefficient (Wildman–Crippen LogP) is 1.50. The monoisotopic (exact) mass is 305 g/mol. The first-order valence-corrected chi connectivity index (χ1v) is 7.02. The number of carbonyl (C=O) groups is 1. The summed E-state index contributed by atoms with van der Waals surface area (Å²) >= 11 is 1.38. The number of fused-ring (bicyclic) bond motifs is 1. The first-order valence-electron chi connectivity index (χ1n) is 6.14. The standard InChI is InChI=1S/C13H11N3O4S/c1-8-4-9(20-15-8)6-19-11(17)5-16-7-14-12-10(13(16)18)2-3-21-12/h2-4,7H,5-6H2,1H3. The van der Waals surface area contributed by atoms with Crippen molar-refractivity contribution in [2.45, 2.75) is 20.1 Å². The number of carbonyl (C=O) groups excluding carboxylic acids is 1. The van der Waals surface area contributed by atoms with E-state index in [9.17, 15) is 9.59 Å². The Hall–Kier alpha value is -2.48. The van der Waals surface area contributed by atoms with Gasteiger partial charge in [0.15, 0.2) is 12.4 Å². The molecule has 0 aliphatic heterocycles. The summed E-state index contributed by atoms with van der Waals surface area (Å²) in [4.78, 5) is 28.6. The third-order valence-corrected chi connectivity index (χ3v) is 3.62. The number of aryl methyl sites for hydroxylation is 1. The lowest BCUT2D eigenvalue weighted by atomic mass is 10.4. The molecule has 8 heteroatoms. The van der Waals surface area contributed by atoms with Crippen molar-refractivity contribution in [1.82, 2.24) is 14.7 Å². The van der Waals surface area contributed by atoms with Gasteiger partial charge in [0.05, 0.1) is 17.4 Å². The van der Waals surface area contributed by atoms with Gasteiger partial charge >= 0.3 is 5.97 Å². The van der Waals surface area contributed by atoms with Crippen molar-refractivity contribution in [1.29, 1.82) is 0 Å². The Morgan fingerprint density at radius 2 is 2.38 bits per heavy atom. The van der Waals surface area contributed by atoms with Gasteiger partial charge in [-0.15, -0.1) is 11.3 Å². The van der Waals surface area contributed by atoms with Gasteiger partial charge in [-0.3, -0.25) is 14.2 Å². The van der Waals surface area contributed by atoms with Crippen molar-refractivity contribution in [3.8, 4) is 0 Å². The molecule has 3 rings (SSSR count). The molecule has 0 aliphatic rings. The molecule has 7 nitrogen and oxygen atoms in total. The summed E-state index contributed by atoms with van der Waals surface area (Å²) in [6.07, 6.45) is 1.35. The Balaban J connectivity index is 1.68. The Kier molecular flexibility index (Phi) is 3.53. The van der Waals surface area contributed by atoms with Crippen LogP contribution in [-0.2, 0) is 22.7 Å². The second kappa shape index (κ2) is 5.49. The van der Waals surface area contributed by atoms with E-state index >= 15 is 0 Å². The van der Waals surface area contributed by atoms with E-state index in [4.69, 9.17) is 9.26 Å². The van der Waals surface area contributed by atoms with Gasteiger partial charge in [0.1, 0.15) is 11.4 Å². The van der Waals surface area contributed by atoms with Crippen molar-refractivity contribution in [2.75, 3.05) is 0 Å². The molecule has 0 atom stereocenters. The molecule has 0 aliphatic carbocycles. The molecule has 0 bridgehead atoms. The van der Waals surface area contributed by atoms with E-state index in [0.29, 0.717) is 21.7 Å². The summed E-state index contributed by atoms with van der Waals surface area (Å²) in [6, 6.07) is 3.37. The maximum Gasteiger partial charge on any atom is 0.326 e. The highest BCUT2D eigenvalue weighted by Gasteiger charge is 2.11. The molecule has 3 aromatic heterocycles. The fourth-order valence-corrected chi connectivity index (χ4v) is 2.55. The molecule has 3 heterocycles. The number of esters is 1. The maximum atomic E-state index is 12.1. The highest BCUT2D eigenvalue weighted by Crippen LogP contribution is 2.13. The summed E-state index contributed by atoms with van der Waals surface area (Å²) in [5.74, 6) is -0.0814. The number of thiophene rings is 1. The van der Waals surface area contributed by atoms with Gasteiger partial charge in [-0.05, 0) is 18.4 Å². The van der Waals surface area contributed by atoms with Gasteiger partial charge in [0, 0.05) is 6.07 Å². The third-order valence-electron chi connectivity index (χ3n) is 2.80. The van der Waals surface area contributed by atoms with Crippen molar-refractivity contribution < 1.29 is 14.1 Å². The summed E-state index contributed by atoms with van der Waals surface area (Å²) < 4.78 is 11.2. The van der Waals surface area contributed by atoms with Gasteiger partial charge in [0.25, 0.3) is 5.56 Å². The van der Waals surface area contributed by atoms with E-state index in [1.807, 2.05) is 0 Å². The number of hydrogen-bond acceptors (Lipinski definition) is 7. The van der Waals surface area contributed by atoms with E-state index in [-0.39, 0.29) is 18.7 Å². The molecule has 0 saturated carbocycles. The molecule has 0 N–H and O–H groups in total. The third kappa shape index (κ3) is 2.84. The summed E-state index contributed by atoms with van der Waals surface area (Å²) in [5.41, 5.74) is 0.457.